The second-order valence-corrected chi connectivity index (χ2v) is 14.5. The smallest absolute Gasteiger partial charge is 0.145 e. The minimum Gasteiger partial charge on any atom is -0.455 e. The number of hydrogen-bond acceptors (Lipinski definition) is 2. The number of furan rings is 1. The van der Waals surface area contributed by atoms with Crippen molar-refractivity contribution in [2.75, 3.05) is 4.90 Å². The number of aromatic nitrogens is 1. The number of anilines is 3. The first kappa shape index (κ1) is 32.8. The van der Waals surface area contributed by atoms with Gasteiger partial charge in [-0.1, -0.05) is 152 Å². The molecule has 2 heterocycles. The van der Waals surface area contributed by atoms with Gasteiger partial charge >= 0.3 is 0 Å². The largest absolute Gasteiger partial charge is 0.455 e. The van der Waals surface area contributed by atoms with Crippen LogP contribution in [-0.4, -0.2) is 4.57 Å². The summed E-state index contributed by atoms with van der Waals surface area (Å²) >= 11 is 0. The predicted octanol–water partition coefficient (Wildman–Crippen LogP) is 15.2. The highest BCUT2D eigenvalue weighted by Crippen LogP contribution is 2.47. The summed E-state index contributed by atoms with van der Waals surface area (Å²) < 4.78 is 9.27. The van der Waals surface area contributed by atoms with E-state index in [9.17, 15) is 0 Å². The van der Waals surface area contributed by atoms with Gasteiger partial charge in [-0.3, -0.25) is 0 Å². The van der Waals surface area contributed by atoms with Crippen LogP contribution in [0.3, 0.4) is 0 Å². The summed E-state index contributed by atoms with van der Waals surface area (Å²) in [5.41, 5.74) is 15.3. The van der Waals surface area contributed by atoms with Crippen LogP contribution >= 0.6 is 0 Å². The second-order valence-electron chi connectivity index (χ2n) is 14.5. The SMILES string of the molecule is c1ccc(-c2ccc(N(c3ccc(-c4ccccc4)cc3)c3ccc(-c4cccc(-n5c6ccccc6c6ccccc65)c4)c4oc5ccccc5c34)cc2)cc1. The minimum absolute atomic E-state index is 0.860. The third-order valence-corrected chi connectivity index (χ3v) is 11.2. The number of rotatable bonds is 7. The fourth-order valence-electron chi connectivity index (χ4n) is 8.53. The van der Waals surface area contributed by atoms with Crippen molar-refractivity contribution in [1.82, 2.24) is 4.57 Å². The normalized spacial score (nSPS) is 11.5. The van der Waals surface area contributed by atoms with Crippen molar-refractivity contribution >= 4 is 60.8 Å². The van der Waals surface area contributed by atoms with Crippen LogP contribution in [0.25, 0.3) is 82.8 Å². The Balaban J connectivity index is 1.10. The molecule has 0 bridgehead atoms. The third-order valence-electron chi connectivity index (χ3n) is 11.2. The number of fused-ring (bicyclic) bond motifs is 6. The van der Waals surface area contributed by atoms with Crippen molar-refractivity contribution in [3.05, 3.63) is 218 Å². The molecule has 2 aromatic heterocycles. The molecule has 3 nitrogen and oxygen atoms in total. The molecule has 0 N–H and O–H groups in total. The molecule has 0 aliphatic rings. The van der Waals surface area contributed by atoms with Gasteiger partial charge in [-0.2, -0.15) is 0 Å². The van der Waals surface area contributed by atoms with Crippen LogP contribution in [0, 0.1) is 0 Å². The first-order valence-corrected chi connectivity index (χ1v) is 19.4. The summed E-state index contributed by atoms with van der Waals surface area (Å²) in [7, 11) is 0. The van der Waals surface area contributed by atoms with Crippen molar-refractivity contribution in [3.63, 3.8) is 0 Å². The molecule has 0 aliphatic carbocycles. The van der Waals surface area contributed by atoms with Gasteiger partial charge in [-0.25, -0.2) is 0 Å². The lowest BCUT2D eigenvalue weighted by Crippen LogP contribution is -2.10. The molecule has 0 saturated heterocycles. The lowest BCUT2D eigenvalue weighted by Gasteiger charge is -2.27. The maximum absolute atomic E-state index is 6.89. The maximum atomic E-state index is 6.89. The number of hydrogen-bond donors (Lipinski definition) is 0. The average Bonchev–Trinajstić information content (AvgIpc) is 3.85. The summed E-state index contributed by atoms with van der Waals surface area (Å²) in [5.74, 6) is 0. The van der Waals surface area contributed by atoms with E-state index in [0.29, 0.717) is 0 Å². The lowest BCUT2D eigenvalue weighted by atomic mass is 9.98. The molecule has 0 spiro atoms. The monoisotopic (exact) mass is 728 g/mol. The van der Waals surface area contributed by atoms with Gasteiger partial charge in [0.2, 0.25) is 0 Å². The van der Waals surface area contributed by atoms with Crippen LogP contribution in [-0.2, 0) is 0 Å². The summed E-state index contributed by atoms with van der Waals surface area (Å²) in [6.45, 7) is 0. The Hall–Kier alpha value is -7.62. The van der Waals surface area contributed by atoms with E-state index in [-0.39, 0.29) is 0 Å². The Morgan fingerprint density at radius 1 is 0.368 bits per heavy atom. The molecule has 0 unspecified atom stereocenters. The summed E-state index contributed by atoms with van der Waals surface area (Å²) in [5, 5.41) is 4.65. The molecule has 0 aliphatic heterocycles. The topological polar surface area (TPSA) is 21.3 Å². The van der Waals surface area contributed by atoms with Crippen molar-refractivity contribution in [2.24, 2.45) is 0 Å². The van der Waals surface area contributed by atoms with Crippen molar-refractivity contribution in [3.8, 4) is 39.1 Å². The molecule has 0 amide bonds. The Bertz CT molecular complexity index is 3080. The zero-order valence-electron chi connectivity index (χ0n) is 31.1. The Labute approximate surface area is 330 Å². The Kier molecular flexibility index (Phi) is 7.82. The zero-order valence-corrected chi connectivity index (χ0v) is 31.1. The van der Waals surface area contributed by atoms with Crippen LogP contribution in [0.2, 0.25) is 0 Å². The van der Waals surface area contributed by atoms with Gasteiger partial charge < -0.3 is 13.9 Å². The first-order chi connectivity index (χ1) is 28.3. The molecule has 9 aromatic carbocycles. The Morgan fingerprint density at radius 3 is 1.46 bits per heavy atom. The minimum atomic E-state index is 0.860. The lowest BCUT2D eigenvalue weighted by molar-refractivity contribution is 0.670. The highest BCUT2D eigenvalue weighted by molar-refractivity contribution is 6.17. The number of para-hydroxylation sites is 3. The average molecular weight is 729 g/mol. The van der Waals surface area contributed by atoms with Gasteiger partial charge in [-0.15, -0.1) is 0 Å². The van der Waals surface area contributed by atoms with Crippen molar-refractivity contribution in [2.45, 2.75) is 0 Å². The van der Waals surface area contributed by atoms with E-state index in [1.165, 1.54) is 44.1 Å². The first-order valence-electron chi connectivity index (χ1n) is 19.4. The highest BCUT2D eigenvalue weighted by Gasteiger charge is 2.23. The quantitative estimate of drug-likeness (QED) is 0.163. The van der Waals surface area contributed by atoms with E-state index in [4.69, 9.17) is 4.42 Å². The van der Waals surface area contributed by atoms with Crippen LogP contribution in [0.5, 0.6) is 0 Å². The molecule has 57 heavy (non-hydrogen) atoms. The molecule has 3 heteroatoms. The van der Waals surface area contributed by atoms with E-state index in [0.717, 1.165) is 55.8 Å². The summed E-state index contributed by atoms with van der Waals surface area (Å²) in [4.78, 5) is 2.37. The van der Waals surface area contributed by atoms with Gasteiger partial charge in [0.1, 0.15) is 11.2 Å². The van der Waals surface area contributed by atoms with E-state index in [1.807, 2.05) is 0 Å². The predicted molar refractivity (Wildman–Crippen MR) is 239 cm³/mol. The van der Waals surface area contributed by atoms with Gasteiger partial charge in [0.15, 0.2) is 0 Å². The van der Waals surface area contributed by atoms with Gasteiger partial charge in [0.25, 0.3) is 0 Å². The van der Waals surface area contributed by atoms with Gasteiger partial charge in [0, 0.05) is 38.8 Å². The highest BCUT2D eigenvalue weighted by atomic mass is 16.3. The molecule has 268 valence electrons. The zero-order chi connectivity index (χ0) is 37.7. The summed E-state index contributed by atoms with van der Waals surface area (Å²) in [6.07, 6.45) is 0. The standard InChI is InChI=1S/C54H36N2O/c1-3-14-37(15-4-1)39-26-30-42(31-27-39)55(43-32-28-40(29-33-43)38-16-5-2-6-17-38)51-35-34-45(54-53(51)48-22-9-12-25-52(48)57-54)41-18-13-19-44(36-41)56-49-23-10-7-20-46(49)47-21-8-11-24-50(47)56/h1-36H. The van der Waals surface area contributed by atoms with Gasteiger partial charge in [-0.05, 0) is 94.5 Å². The molecule has 0 radical (unpaired) electrons. The van der Waals surface area contributed by atoms with Crippen LogP contribution < -0.4 is 4.90 Å². The van der Waals surface area contributed by atoms with E-state index in [1.54, 1.807) is 0 Å². The fourth-order valence-corrected chi connectivity index (χ4v) is 8.53. The molecule has 0 saturated carbocycles. The second kappa shape index (κ2) is 13.6. The summed E-state index contributed by atoms with van der Waals surface area (Å²) in [6, 6.07) is 78.0. The van der Waals surface area contributed by atoms with Gasteiger partial charge in [0.05, 0.1) is 22.1 Å². The van der Waals surface area contributed by atoms with Crippen LogP contribution in [0.1, 0.15) is 0 Å². The maximum Gasteiger partial charge on any atom is 0.145 e. The molecule has 0 atom stereocenters. The molecular weight excluding hydrogens is 693 g/mol. The van der Waals surface area contributed by atoms with Crippen molar-refractivity contribution in [1.29, 1.82) is 0 Å². The van der Waals surface area contributed by atoms with Crippen molar-refractivity contribution < 1.29 is 4.42 Å². The van der Waals surface area contributed by atoms with E-state index < -0.39 is 0 Å². The number of benzene rings is 9. The molecule has 11 rings (SSSR count). The molecular formula is C54H36N2O. The van der Waals surface area contributed by atoms with E-state index >= 15 is 0 Å². The fraction of sp³-hybridized carbons (Fsp3) is 0. The van der Waals surface area contributed by atoms with E-state index in [2.05, 4.69) is 228 Å². The molecule has 0 fully saturated rings. The number of nitrogens with zero attached hydrogens (tertiary/aromatic N) is 2. The molecule has 11 aromatic rings. The third kappa shape index (κ3) is 5.60. The Morgan fingerprint density at radius 2 is 0.860 bits per heavy atom. The van der Waals surface area contributed by atoms with Crippen LogP contribution in [0.4, 0.5) is 17.1 Å². The van der Waals surface area contributed by atoms with Crippen LogP contribution in [0.15, 0.2) is 223 Å².